The van der Waals surface area contributed by atoms with Gasteiger partial charge in [-0.25, -0.2) is 0 Å². The van der Waals surface area contributed by atoms with Gasteiger partial charge in [0.15, 0.2) is 0 Å². The molecule has 13 heavy (non-hydrogen) atoms. The Morgan fingerprint density at radius 2 is 2.08 bits per heavy atom. The minimum atomic E-state index is 0.456. The summed E-state index contributed by atoms with van der Waals surface area (Å²) in [5.74, 6) is 2.73. The molecule has 2 atom stereocenters. The lowest BCUT2D eigenvalue weighted by atomic mass is 9.83. The molecule has 0 aromatic carbocycles. The van der Waals surface area contributed by atoms with Crippen LogP contribution in [0.3, 0.4) is 0 Å². The van der Waals surface area contributed by atoms with Crippen molar-refractivity contribution < 1.29 is 4.79 Å². The first-order valence-electron chi connectivity index (χ1n) is 5.66. The number of carbonyl (C=O) groups is 1. The molecular weight excluding hydrogens is 160 g/mol. The average Bonchev–Trinajstić information content (AvgIpc) is 2.52. The first-order valence-corrected chi connectivity index (χ1v) is 5.66. The van der Waals surface area contributed by atoms with Crippen molar-refractivity contribution in [1.82, 2.24) is 0 Å². The summed E-state index contributed by atoms with van der Waals surface area (Å²) in [7, 11) is 0. The zero-order valence-corrected chi connectivity index (χ0v) is 9.18. The van der Waals surface area contributed by atoms with E-state index >= 15 is 0 Å². The average molecular weight is 182 g/mol. The summed E-state index contributed by atoms with van der Waals surface area (Å²) >= 11 is 0. The Morgan fingerprint density at radius 3 is 2.62 bits per heavy atom. The molecule has 0 spiro atoms. The molecule has 1 saturated carbocycles. The van der Waals surface area contributed by atoms with Gasteiger partial charge in [-0.3, -0.25) is 4.79 Å². The molecule has 0 N–H and O–H groups in total. The molecule has 1 heteroatoms. The van der Waals surface area contributed by atoms with Crippen LogP contribution < -0.4 is 0 Å². The fourth-order valence-corrected chi connectivity index (χ4v) is 2.63. The fraction of sp³-hybridized carbons (Fsp3) is 0.917. The summed E-state index contributed by atoms with van der Waals surface area (Å²) in [6, 6.07) is 0. The molecule has 0 saturated heterocycles. The van der Waals surface area contributed by atoms with Gasteiger partial charge in [-0.1, -0.05) is 27.2 Å². The standard InChI is InChI=1S/C12H22O/c1-4-11(13)8-10-6-5-7-12(10)9(2)3/h9-10,12H,4-8H2,1-3H3/t10-,12+/m1/s1. The Hall–Kier alpha value is -0.330. The zero-order valence-electron chi connectivity index (χ0n) is 9.18. The second kappa shape index (κ2) is 4.78. The van der Waals surface area contributed by atoms with Crippen LogP contribution in [0.4, 0.5) is 0 Å². The third-order valence-electron chi connectivity index (χ3n) is 3.46. The van der Waals surface area contributed by atoms with Crippen molar-refractivity contribution in [2.75, 3.05) is 0 Å². The van der Waals surface area contributed by atoms with Gasteiger partial charge in [0.1, 0.15) is 5.78 Å². The molecule has 0 aromatic heterocycles. The maximum Gasteiger partial charge on any atom is 0.132 e. The van der Waals surface area contributed by atoms with Gasteiger partial charge < -0.3 is 0 Å². The Balaban J connectivity index is 2.44. The monoisotopic (exact) mass is 182 g/mol. The first-order chi connectivity index (χ1) is 6.15. The van der Waals surface area contributed by atoms with Crippen LogP contribution in [0.25, 0.3) is 0 Å². The van der Waals surface area contributed by atoms with Gasteiger partial charge in [0, 0.05) is 12.8 Å². The fourth-order valence-electron chi connectivity index (χ4n) is 2.63. The van der Waals surface area contributed by atoms with Crippen LogP contribution in [0.2, 0.25) is 0 Å². The third-order valence-corrected chi connectivity index (χ3v) is 3.46. The van der Waals surface area contributed by atoms with Crippen LogP contribution in [0, 0.1) is 17.8 Å². The van der Waals surface area contributed by atoms with E-state index in [-0.39, 0.29) is 0 Å². The molecule has 1 fully saturated rings. The Kier molecular flexibility index (Phi) is 3.95. The lowest BCUT2D eigenvalue weighted by molar-refractivity contribution is -0.120. The quantitative estimate of drug-likeness (QED) is 0.651. The zero-order chi connectivity index (χ0) is 9.84. The molecule has 0 radical (unpaired) electrons. The van der Waals surface area contributed by atoms with Gasteiger partial charge in [0.05, 0.1) is 0 Å². The molecule has 1 nitrogen and oxygen atoms in total. The van der Waals surface area contributed by atoms with Crippen LogP contribution in [0.1, 0.15) is 52.9 Å². The van der Waals surface area contributed by atoms with E-state index in [2.05, 4.69) is 13.8 Å². The van der Waals surface area contributed by atoms with Crippen LogP contribution in [0.15, 0.2) is 0 Å². The van der Waals surface area contributed by atoms with E-state index in [0.29, 0.717) is 11.7 Å². The largest absolute Gasteiger partial charge is 0.300 e. The molecule has 0 heterocycles. The number of hydrogen-bond acceptors (Lipinski definition) is 1. The van der Waals surface area contributed by atoms with Gasteiger partial charge >= 0.3 is 0 Å². The number of Topliss-reactive ketones (excluding diaryl/α,β-unsaturated/α-hetero) is 1. The highest BCUT2D eigenvalue weighted by molar-refractivity contribution is 5.78. The number of rotatable bonds is 4. The van der Waals surface area contributed by atoms with E-state index in [4.69, 9.17) is 0 Å². The van der Waals surface area contributed by atoms with Crippen molar-refractivity contribution in [1.29, 1.82) is 0 Å². The summed E-state index contributed by atoms with van der Waals surface area (Å²) in [6.07, 6.45) is 5.54. The summed E-state index contributed by atoms with van der Waals surface area (Å²) in [5, 5.41) is 0. The van der Waals surface area contributed by atoms with Gasteiger partial charge in [-0.05, 0) is 30.6 Å². The first kappa shape index (κ1) is 10.7. The normalized spacial score (nSPS) is 28.3. The second-order valence-corrected chi connectivity index (χ2v) is 4.70. The summed E-state index contributed by atoms with van der Waals surface area (Å²) in [4.78, 5) is 11.3. The molecule has 1 rings (SSSR count). The minimum absolute atomic E-state index is 0.456. The summed E-state index contributed by atoms with van der Waals surface area (Å²) in [5.41, 5.74) is 0. The number of ketones is 1. The van der Waals surface area contributed by atoms with Crippen LogP contribution >= 0.6 is 0 Å². The lowest BCUT2D eigenvalue weighted by Gasteiger charge is -2.22. The SMILES string of the molecule is CCC(=O)C[C@H]1CCC[C@H]1C(C)C. The van der Waals surface area contributed by atoms with Gasteiger partial charge in [0.25, 0.3) is 0 Å². The van der Waals surface area contributed by atoms with Crippen molar-refractivity contribution >= 4 is 5.78 Å². The highest BCUT2D eigenvalue weighted by Gasteiger charge is 2.30. The number of carbonyl (C=O) groups excluding carboxylic acids is 1. The van der Waals surface area contributed by atoms with Crippen LogP contribution in [-0.2, 0) is 4.79 Å². The molecule has 0 bridgehead atoms. The van der Waals surface area contributed by atoms with Crippen molar-refractivity contribution in [2.24, 2.45) is 17.8 Å². The van der Waals surface area contributed by atoms with E-state index in [1.54, 1.807) is 0 Å². The van der Waals surface area contributed by atoms with E-state index in [0.717, 1.165) is 24.7 Å². The maximum absolute atomic E-state index is 11.3. The molecule has 1 aliphatic rings. The van der Waals surface area contributed by atoms with Crippen LogP contribution in [-0.4, -0.2) is 5.78 Å². The Labute approximate surface area is 81.9 Å². The predicted octanol–water partition coefficient (Wildman–Crippen LogP) is 3.43. The molecule has 0 aliphatic heterocycles. The van der Waals surface area contributed by atoms with Crippen molar-refractivity contribution in [3.8, 4) is 0 Å². The lowest BCUT2D eigenvalue weighted by Crippen LogP contribution is -2.17. The Bertz CT molecular complexity index is 172. The highest BCUT2D eigenvalue weighted by Crippen LogP contribution is 2.38. The van der Waals surface area contributed by atoms with Gasteiger partial charge in [0.2, 0.25) is 0 Å². The topological polar surface area (TPSA) is 17.1 Å². The predicted molar refractivity (Wildman–Crippen MR) is 55.6 cm³/mol. The molecule has 0 unspecified atom stereocenters. The van der Waals surface area contributed by atoms with Crippen LogP contribution in [0.5, 0.6) is 0 Å². The van der Waals surface area contributed by atoms with E-state index < -0.39 is 0 Å². The van der Waals surface area contributed by atoms with Crippen molar-refractivity contribution in [3.05, 3.63) is 0 Å². The summed E-state index contributed by atoms with van der Waals surface area (Å²) in [6.45, 7) is 6.56. The maximum atomic E-state index is 11.3. The van der Waals surface area contributed by atoms with E-state index in [1.165, 1.54) is 19.3 Å². The third kappa shape index (κ3) is 2.82. The van der Waals surface area contributed by atoms with Gasteiger partial charge in [-0.2, -0.15) is 0 Å². The highest BCUT2D eigenvalue weighted by atomic mass is 16.1. The van der Waals surface area contributed by atoms with Crippen molar-refractivity contribution in [3.63, 3.8) is 0 Å². The number of hydrogen-bond donors (Lipinski definition) is 0. The van der Waals surface area contributed by atoms with Gasteiger partial charge in [-0.15, -0.1) is 0 Å². The molecular formula is C12H22O. The molecule has 1 aliphatic carbocycles. The Morgan fingerprint density at radius 1 is 1.38 bits per heavy atom. The molecule has 76 valence electrons. The van der Waals surface area contributed by atoms with Crippen molar-refractivity contribution in [2.45, 2.75) is 52.9 Å². The minimum Gasteiger partial charge on any atom is -0.300 e. The smallest absolute Gasteiger partial charge is 0.132 e. The second-order valence-electron chi connectivity index (χ2n) is 4.70. The molecule has 0 aromatic rings. The molecule has 0 amide bonds. The summed E-state index contributed by atoms with van der Waals surface area (Å²) < 4.78 is 0. The van der Waals surface area contributed by atoms with E-state index in [9.17, 15) is 4.79 Å². The van der Waals surface area contributed by atoms with E-state index in [1.807, 2.05) is 6.92 Å².